The van der Waals surface area contributed by atoms with Gasteiger partial charge in [-0.05, 0) is 60.3 Å². The Morgan fingerprint density at radius 3 is 2.52 bits per heavy atom. The molecule has 2 amide bonds. The summed E-state index contributed by atoms with van der Waals surface area (Å²) in [5.74, 6) is -0.135. The van der Waals surface area contributed by atoms with Crippen LogP contribution in [-0.4, -0.2) is 29.2 Å². The molecule has 0 radical (unpaired) electrons. The minimum atomic E-state index is -4.48. The highest BCUT2D eigenvalue weighted by Gasteiger charge is 2.35. The molecule has 2 aromatic carbocycles. The van der Waals surface area contributed by atoms with E-state index in [0.29, 0.717) is 5.75 Å². The molecule has 0 saturated carbocycles. The van der Waals surface area contributed by atoms with E-state index in [0.717, 1.165) is 28.8 Å². The Bertz CT molecular complexity index is 1220. The third kappa shape index (κ3) is 5.28. The van der Waals surface area contributed by atoms with Gasteiger partial charge in [-0.1, -0.05) is 12.1 Å². The van der Waals surface area contributed by atoms with Gasteiger partial charge in [0.15, 0.2) is 0 Å². The van der Waals surface area contributed by atoms with E-state index in [9.17, 15) is 27.2 Å². The second kappa shape index (κ2) is 9.14. The zero-order valence-electron chi connectivity index (χ0n) is 16.8. The minimum Gasteiger partial charge on any atom is -0.492 e. The number of imide groups is 1. The average molecular weight is 477 g/mol. The maximum atomic E-state index is 12.9. The van der Waals surface area contributed by atoms with Crippen LogP contribution in [0.1, 0.15) is 11.3 Å². The number of thioether (sulfide) groups is 1. The molecule has 0 unspecified atom stereocenters. The highest BCUT2D eigenvalue weighted by Crippen LogP contribution is 2.35. The van der Waals surface area contributed by atoms with Gasteiger partial charge >= 0.3 is 6.18 Å². The zero-order chi connectivity index (χ0) is 23.6. The topological polar surface area (TPSA) is 59.8 Å². The highest BCUT2D eigenvalue weighted by molar-refractivity contribution is 8.18. The van der Waals surface area contributed by atoms with E-state index in [-0.39, 0.29) is 35.1 Å². The van der Waals surface area contributed by atoms with E-state index in [1.165, 1.54) is 54.6 Å². The number of hydrogen-bond acceptors (Lipinski definition) is 5. The van der Waals surface area contributed by atoms with Gasteiger partial charge in [0.2, 0.25) is 0 Å². The molecule has 0 spiro atoms. The van der Waals surface area contributed by atoms with Gasteiger partial charge in [-0.25, -0.2) is 4.39 Å². The number of ether oxygens (including phenoxy) is 1. The summed E-state index contributed by atoms with van der Waals surface area (Å²) in [4.78, 5) is 25.9. The Balaban J connectivity index is 1.42. The summed E-state index contributed by atoms with van der Waals surface area (Å²) in [5.41, 5.74) is -0.572. The van der Waals surface area contributed by atoms with Gasteiger partial charge in [0, 0.05) is 11.6 Å². The highest BCUT2D eigenvalue weighted by atomic mass is 32.2. The first-order chi connectivity index (χ1) is 15.7. The molecular weight excluding hydrogens is 462 g/mol. The van der Waals surface area contributed by atoms with Crippen LogP contribution in [0.3, 0.4) is 0 Å². The van der Waals surface area contributed by atoms with Crippen LogP contribution < -0.4 is 4.74 Å². The Kier molecular flexibility index (Phi) is 6.28. The van der Waals surface area contributed by atoms with Crippen molar-refractivity contribution in [1.29, 1.82) is 0 Å². The van der Waals surface area contributed by atoms with E-state index >= 15 is 0 Å². The SMILES string of the molecule is O=C1S/C(=C\c2ccc(-c3cccc(C(F)(F)F)c3)o2)C(=O)N1CCOc1ccc(F)cc1. The quantitative estimate of drug-likeness (QED) is 0.312. The summed E-state index contributed by atoms with van der Waals surface area (Å²) in [6.07, 6.45) is -3.12. The second-order valence-corrected chi connectivity index (χ2v) is 7.91. The molecule has 1 aliphatic rings. The van der Waals surface area contributed by atoms with Crippen LogP contribution in [0.25, 0.3) is 17.4 Å². The van der Waals surface area contributed by atoms with E-state index in [2.05, 4.69) is 0 Å². The predicted octanol–water partition coefficient (Wildman–Crippen LogP) is 6.22. The monoisotopic (exact) mass is 477 g/mol. The fraction of sp³-hybridized carbons (Fsp3) is 0.130. The van der Waals surface area contributed by atoms with Gasteiger partial charge in [-0.3, -0.25) is 14.5 Å². The maximum Gasteiger partial charge on any atom is 0.416 e. The molecule has 170 valence electrons. The standard InChI is InChI=1S/C23H15F4NO4S/c24-16-4-6-17(7-5-16)31-11-10-28-21(29)20(33-22(28)30)13-18-8-9-19(32-18)14-2-1-3-15(12-14)23(25,26)27/h1-9,12-13H,10-11H2/b20-13-. The van der Waals surface area contributed by atoms with Crippen molar-refractivity contribution < 1.29 is 36.3 Å². The molecule has 1 aliphatic heterocycles. The number of hydrogen-bond donors (Lipinski definition) is 0. The molecule has 10 heteroatoms. The lowest BCUT2D eigenvalue weighted by Gasteiger charge is -2.13. The summed E-state index contributed by atoms with van der Waals surface area (Å²) in [5, 5.41) is -0.487. The summed E-state index contributed by atoms with van der Waals surface area (Å²) < 4.78 is 62.7. The average Bonchev–Trinajstić information content (AvgIpc) is 3.35. The lowest BCUT2D eigenvalue weighted by Crippen LogP contribution is -2.32. The van der Waals surface area contributed by atoms with E-state index in [4.69, 9.17) is 9.15 Å². The maximum absolute atomic E-state index is 12.9. The van der Waals surface area contributed by atoms with E-state index in [1.54, 1.807) is 0 Å². The summed E-state index contributed by atoms with van der Waals surface area (Å²) in [6.45, 7) is 0.0183. The van der Waals surface area contributed by atoms with Gasteiger partial charge < -0.3 is 9.15 Å². The van der Waals surface area contributed by atoms with Crippen molar-refractivity contribution in [2.45, 2.75) is 6.18 Å². The normalized spacial score (nSPS) is 15.5. The Labute approximate surface area is 189 Å². The summed E-state index contributed by atoms with van der Waals surface area (Å²) in [6, 6.07) is 13.0. The van der Waals surface area contributed by atoms with Gasteiger partial charge in [0.25, 0.3) is 11.1 Å². The van der Waals surface area contributed by atoms with Crippen molar-refractivity contribution in [2.24, 2.45) is 0 Å². The van der Waals surface area contributed by atoms with Crippen molar-refractivity contribution >= 4 is 29.0 Å². The number of alkyl halides is 3. The van der Waals surface area contributed by atoms with Crippen molar-refractivity contribution in [3.8, 4) is 17.1 Å². The summed E-state index contributed by atoms with van der Waals surface area (Å²) >= 11 is 0.720. The first-order valence-electron chi connectivity index (χ1n) is 9.62. The molecule has 33 heavy (non-hydrogen) atoms. The van der Waals surface area contributed by atoms with Crippen LogP contribution in [0.4, 0.5) is 22.4 Å². The summed E-state index contributed by atoms with van der Waals surface area (Å²) in [7, 11) is 0. The predicted molar refractivity (Wildman–Crippen MR) is 114 cm³/mol. The molecule has 0 atom stereocenters. The van der Waals surface area contributed by atoms with Crippen molar-refractivity contribution in [2.75, 3.05) is 13.2 Å². The number of carbonyl (C=O) groups excluding carboxylic acids is 2. The second-order valence-electron chi connectivity index (χ2n) is 6.92. The van der Waals surface area contributed by atoms with Crippen LogP contribution in [0.2, 0.25) is 0 Å². The number of benzene rings is 2. The largest absolute Gasteiger partial charge is 0.492 e. The molecule has 0 N–H and O–H groups in total. The van der Waals surface area contributed by atoms with Crippen LogP contribution in [0.15, 0.2) is 70.0 Å². The Morgan fingerprint density at radius 1 is 1.03 bits per heavy atom. The van der Waals surface area contributed by atoms with E-state index in [1.807, 2.05) is 0 Å². The molecule has 4 rings (SSSR count). The van der Waals surface area contributed by atoms with Crippen LogP contribution in [0.5, 0.6) is 5.75 Å². The van der Waals surface area contributed by atoms with Crippen LogP contribution in [-0.2, 0) is 11.0 Å². The molecule has 1 fully saturated rings. The number of rotatable bonds is 6. The minimum absolute atomic E-state index is 0.00692. The fourth-order valence-electron chi connectivity index (χ4n) is 3.04. The lowest BCUT2D eigenvalue weighted by molar-refractivity contribution is -0.137. The molecular formula is C23H15F4NO4S. The Hall–Kier alpha value is -3.53. The van der Waals surface area contributed by atoms with Crippen LogP contribution >= 0.6 is 11.8 Å². The number of nitrogens with zero attached hydrogens (tertiary/aromatic N) is 1. The smallest absolute Gasteiger partial charge is 0.416 e. The number of halogens is 4. The first-order valence-corrected chi connectivity index (χ1v) is 10.4. The third-order valence-electron chi connectivity index (χ3n) is 4.65. The molecule has 1 aromatic heterocycles. The van der Waals surface area contributed by atoms with Gasteiger partial charge in [-0.15, -0.1) is 0 Å². The number of furan rings is 1. The lowest BCUT2D eigenvalue weighted by atomic mass is 10.1. The van der Waals surface area contributed by atoms with Crippen LogP contribution in [0, 0.1) is 5.82 Å². The van der Waals surface area contributed by atoms with Gasteiger partial charge in [0.05, 0.1) is 17.0 Å². The number of carbonyl (C=O) groups is 2. The molecule has 1 saturated heterocycles. The van der Waals surface area contributed by atoms with Gasteiger partial charge in [0.1, 0.15) is 29.7 Å². The molecule has 0 aliphatic carbocycles. The van der Waals surface area contributed by atoms with E-state index < -0.39 is 28.7 Å². The third-order valence-corrected chi connectivity index (χ3v) is 5.55. The van der Waals surface area contributed by atoms with Crippen molar-refractivity contribution in [3.05, 3.63) is 82.7 Å². The molecule has 3 aromatic rings. The fourth-order valence-corrected chi connectivity index (χ4v) is 3.89. The van der Waals surface area contributed by atoms with Crippen molar-refractivity contribution in [3.63, 3.8) is 0 Å². The van der Waals surface area contributed by atoms with Crippen molar-refractivity contribution in [1.82, 2.24) is 4.90 Å². The van der Waals surface area contributed by atoms with Gasteiger partial charge in [-0.2, -0.15) is 13.2 Å². The Morgan fingerprint density at radius 2 is 1.79 bits per heavy atom. The number of amides is 2. The first kappa shape index (κ1) is 22.7. The molecule has 2 heterocycles. The zero-order valence-corrected chi connectivity index (χ0v) is 17.6. The molecule has 5 nitrogen and oxygen atoms in total. The molecule has 0 bridgehead atoms.